The van der Waals surface area contributed by atoms with Crippen molar-refractivity contribution in [3.05, 3.63) is 88.0 Å². The molecule has 0 saturated heterocycles. The number of benzene rings is 3. The predicted octanol–water partition coefficient (Wildman–Crippen LogP) is 6.39. The first-order valence-electron chi connectivity index (χ1n) is 10.3. The minimum absolute atomic E-state index is 0.0676. The van der Waals surface area contributed by atoms with Crippen molar-refractivity contribution in [1.29, 1.82) is 0 Å². The topological polar surface area (TPSA) is 59.8 Å². The van der Waals surface area contributed by atoms with Gasteiger partial charge in [-0.25, -0.2) is 0 Å². The van der Waals surface area contributed by atoms with Crippen molar-refractivity contribution in [3.63, 3.8) is 0 Å². The van der Waals surface area contributed by atoms with Crippen LogP contribution in [0.2, 0.25) is 0 Å². The van der Waals surface area contributed by atoms with E-state index >= 15 is 0 Å². The van der Waals surface area contributed by atoms with E-state index in [4.69, 9.17) is 0 Å². The van der Waals surface area contributed by atoms with Crippen molar-refractivity contribution < 1.29 is 4.79 Å². The minimum Gasteiger partial charge on any atom is -0.325 e. The third-order valence-electron chi connectivity index (χ3n) is 4.92. The summed E-state index contributed by atoms with van der Waals surface area (Å²) in [6, 6.07) is 26.0. The largest absolute Gasteiger partial charge is 0.325 e. The van der Waals surface area contributed by atoms with Crippen LogP contribution in [0.15, 0.2) is 84.0 Å². The molecule has 0 aliphatic carbocycles. The Bertz CT molecular complexity index is 1210. The van der Waals surface area contributed by atoms with Gasteiger partial charge in [0, 0.05) is 20.5 Å². The van der Waals surface area contributed by atoms with Crippen LogP contribution in [0.3, 0.4) is 0 Å². The Morgan fingerprint density at radius 1 is 1.00 bits per heavy atom. The second-order valence-corrected chi connectivity index (χ2v) is 9.75. The molecular weight excluding hydrogens is 531 g/mol. The number of hydrogen-bond acceptors (Lipinski definition) is 4. The average Bonchev–Trinajstić information content (AvgIpc) is 3.24. The standard InChI is InChI=1S/C25H23IN4OS/c1-17(2)21-15-19(26)13-14-22(21)27-23(31)16-32-25-29-28-24(18-9-5-3-6-10-18)30(25)20-11-7-4-8-12-20/h3-15,17H,16H2,1-2H3,(H,27,31). The van der Waals surface area contributed by atoms with Gasteiger partial charge >= 0.3 is 0 Å². The highest BCUT2D eigenvalue weighted by molar-refractivity contribution is 14.1. The van der Waals surface area contributed by atoms with Gasteiger partial charge in [0.25, 0.3) is 0 Å². The molecule has 7 heteroatoms. The number of nitrogens with zero attached hydrogens (tertiary/aromatic N) is 3. The zero-order valence-electron chi connectivity index (χ0n) is 17.8. The maximum atomic E-state index is 12.8. The van der Waals surface area contributed by atoms with Crippen LogP contribution in [0.4, 0.5) is 5.69 Å². The number of carbonyl (C=O) groups excluding carboxylic acids is 1. The zero-order chi connectivity index (χ0) is 22.5. The van der Waals surface area contributed by atoms with Crippen LogP contribution in [-0.2, 0) is 4.79 Å². The lowest BCUT2D eigenvalue weighted by Gasteiger charge is -2.14. The van der Waals surface area contributed by atoms with Crippen molar-refractivity contribution in [2.24, 2.45) is 0 Å². The summed E-state index contributed by atoms with van der Waals surface area (Å²) in [7, 11) is 0. The highest BCUT2D eigenvalue weighted by atomic mass is 127. The fraction of sp³-hybridized carbons (Fsp3) is 0.160. The van der Waals surface area contributed by atoms with Crippen LogP contribution in [-0.4, -0.2) is 26.4 Å². The molecule has 0 radical (unpaired) electrons. The third kappa shape index (κ3) is 5.21. The van der Waals surface area contributed by atoms with E-state index in [1.54, 1.807) is 0 Å². The molecule has 4 rings (SSSR count). The molecule has 162 valence electrons. The van der Waals surface area contributed by atoms with Crippen LogP contribution in [0.25, 0.3) is 17.1 Å². The number of rotatable bonds is 7. The van der Waals surface area contributed by atoms with Crippen LogP contribution >= 0.6 is 34.4 Å². The zero-order valence-corrected chi connectivity index (χ0v) is 20.8. The molecule has 1 aromatic heterocycles. The molecule has 0 spiro atoms. The summed E-state index contributed by atoms with van der Waals surface area (Å²) in [4.78, 5) is 12.8. The summed E-state index contributed by atoms with van der Waals surface area (Å²) in [6.07, 6.45) is 0. The quantitative estimate of drug-likeness (QED) is 0.212. The minimum atomic E-state index is -0.0676. The van der Waals surface area contributed by atoms with Gasteiger partial charge in [-0.2, -0.15) is 0 Å². The first-order valence-corrected chi connectivity index (χ1v) is 12.4. The number of thioether (sulfide) groups is 1. The van der Waals surface area contributed by atoms with E-state index in [-0.39, 0.29) is 11.7 Å². The fourth-order valence-electron chi connectivity index (χ4n) is 3.39. The van der Waals surface area contributed by atoms with Gasteiger partial charge in [0.05, 0.1) is 5.75 Å². The molecule has 3 aromatic carbocycles. The van der Waals surface area contributed by atoms with Crippen molar-refractivity contribution in [3.8, 4) is 17.1 Å². The summed E-state index contributed by atoms with van der Waals surface area (Å²) in [5.74, 6) is 1.24. The van der Waals surface area contributed by atoms with Crippen molar-refractivity contribution in [2.45, 2.75) is 24.9 Å². The number of halogens is 1. The Balaban J connectivity index is 1.57. The fourth-order valence-corrected chi connectivity index (χ4v) is 4.66. The molecule has 1 heterocycles. The molecule has 0 saturated carbocycles. The molecule has 0 aliphatic heterocycles. The lowest BCUT2D eigenvalue weighted by molar-refractivity contribution is -0.113. The molecule has 5 nitrogen and oxygen atoms in total. The Labute approximate surface area is 205 Å². The smallest absolute Gasteiger partial charge is 0.234 e. The van der Waals surface area contributed by atoms with Gasteiger partial charge in [-0.1, -0.05) is 74.1 Å². The summed E-state index contributed by atoms with van der Waals surface area (Å²) in [5, 5.41) is 12.6. The summed E-state index contributed by atoms with van der Waals surface area (Å²) in [6.45, 7) is 4.26. The number of amides is 1. The van der Waals surface area contributed by atoms with E-state index in [2.05, 4.69) is 58.0 Å². The van der Waals surface area contributed by atoms with E-state index in [0.29, 0.717) is 11.1 Å². The van der Waals surface area contributed by atoms with E-state index in [0.717, 1.165) is 31.9 Å². The van der Waals surface area contributed by atoms with Crippen molar-refractivity contribution >= 4 is 45.9 Å². The number of aromatic nitrogens is 3. The monoisotopic (exact) mass is 554 g/mol. The molecule has 0 fully saturated rings. The third-order valence-corrected chi connectivity index (χ3v) is 6.52. The summed E-state index contributed by atoms with van der Waals surface area (Å²) < 4.78 is 3.15. The first kappa shape index (κ1) is 22.5. The molecule has 0 atom stereocenters. The average molecular weight is 554 g/mol. The van der Waals surface area contributed by atoms with Gasteiger partial charge in [-0.05, 0) is 64.4 Å². The Morgan fingerprint density at radius 2 is 1.69 bits per heavy atom. The van der Waals surface area contributed by atoms with E-state index in [1.165, 1.54) is 11.8 Å². The highest BCUT2D eigenvalue weighted by Gasteiger charge is 2.18. The van der Waals surface area contributed by atoms with E-state index in [9.17, 15) is 4.79 Å². The molecule has 0 bridgehead atoms. The number of para-hydroxylation sites is 1. The van der Waals surface area contributed by atoms with Gasteiger partial charge in [-0.3, -0.25) is 9.36 Å². The predicted molar refractivity (Wildman–Crippen MR) is 139 cm³/mol. The molecule has 0 unspecified atom stereocenters. The maximum Gasteiger partial charge on any atom is 0.234 e. The first-order chi connectivity index (χ1) is 15.5. The second kappa shape index (κ2) is 10.3. The molecule has 1 N–H and O–H groups in total. The molecule has 0 aliphatic rings. The lowest BCUT2D eigenvalue weighted by Crippen LogP contribution is -2.16. The number of anilines is 1. The number of nitrogens with one attached hydrogen (secondary N) is 1. The normalized spacial score (nSPS) is 11.0. The van der Waals surface area contributed by atoms with Crippen LogP contribution in [0.1, 0.15) is 25.3 Å². The van der Waals surface area contributed by atoms with Crippen LogP contribution < -0.4 is 5.32 Å². The Morgan fingerprint density at radius 3 is 2.38 bits per heavy atom. The molecule has 4 aromatic rings. The number of carbonyl (C=O) groups is 1. The van der Waals surface area contributed by atoms with Crippen molar-refractivity contribution in [1.82, 2.24) is 14.8 Å². The lowest BCUT2D eigenvalue weighted by atomic mass is 10.0. The van der Waals surface area contributed by atoms with Crippen molar-refractivity contribution in [2.75, 3.05) is 11.1 Å². The highest BCUT2D eigenvalue weighted by Crippen LogP contribution is 2.29. The van der Waals surface area contributed by atoms with Gasteiger partial charge in [0.2, 0.25) is 5.91 Å². The Hall–Kier alpha value is -2.65. The Kier molecular flexibility index (Phi) is 7.26. The van der Waals surface area contributed by atoms with Gasteiger partial charge < -0.3 is 5.32 Å². The molecular formula is C25H23IN4OS. The van der Waals surface area contributed by atoms with Crippen LogP contribution in [0.5, 0.6) is 0 Å². The SMILES string of the molecule is CC(C)c1cc(I)ccc1NC(=O)CSc1nnc(-c2ccccc2)n1-c1ccccc1. The van der Waals surface area contributed by atoms with E-state index < -0.39 is 0 Å². The maximum absolute atomic E-state index is 12.8. The van der Waals surface area contributed by atoms with Gasteiger partial charge in [-0.15, -0.1) is 10.2 Å². The molecule has 1 amide bonds. The van der Waals surface area contributed by atoms with Gasteiger partial charge in [0.1, 0.15) is 0 Å². The summed E-state index contributed by atoms with van der Waals surface area (Å²) in [5.41, 5.74) is 3.93. The number of hydrogen-bond donors (Lipinski definition) is 1. The summed E-state index contributed by atoms with van der Waals surface area (Å²) >= 11 is 3.67. The van der Waals surface area contributed by atoms with Gasteiger partial charge in [0.15, 0.2) is 11.0 Å². The van der Waals surface area contributed by atoms with E-state index in [1.807, 2.05) is 77.4 Å². The second-order valence-electron chi connectivity index (χ2n) is 7.57. The van der Waals surface area contributed by atoms with Crippen LogP contribution in [0, 0.1) is 3.57 Å². The molecule has 32 heavy (non-hydrogen) atoms.